The fraction of sp³-hybridized carbons (Fsp3) is 0.250. The number of carbonyl (C=O) groups is 2. The van der Waals surface area contributed by atoms with Gasteiger partial charge in [-0.25, -0.2) is 10.2 Å². The highest BCUT2D eigenvalue weighted by Gasteiger charge is 2.15. The van der Waals surface area contributed by atoms with Crippen molar-refractivity contribution in [1.29, 1.82) is 0 Å². The molecule has 0 fully saturated rings. The van der Waals surface area contributed by atoms with E-state index >= 15 is 0 Å². The predicted molar refractivity (Wildman–Crippen MR) is 142 cm³/mol. The summed E-state index contributed by atoms with van der Waals surface area (Å²) in [4.78, 5) is 25.1. The van der Waals surface area contributed by atoms with Crippen LogP contribution in [0.5, 0.6) is 11.5 Å². The summed E-state index contributed by atoms with van der Waals surface area (Å²) in [6, 6.07) is 19.4. The number of carbonyl (C=O) groups excluding carboxylic acids is 2. The average Bonchev–Trinajstić information content (AvgIpc) is 2.84. The van der Waals surface area contributed by atoms with Gasteiger partial charge >= 0.3 is 5.97 Å². The second-order valence-corrected chi connectivity index (χ2v) is 9.89. The predicted octanol–water partition coefficient (Wildman–Crippen LogP) is 6.52. The lowest BCUT2D eigenvalue weighted by Crippen LogP contribution is -2.18. The van der Waals surface area contributed by atoms with Crippen LogP contribution in [0, 0.1) is 0 Å². The molecule has 0 spiro atoms. The Hall–Kier alpha value is -3.45. The van der Waals surface area contributed by atoms with E-state index in [9.17, 15) is 9.59 Å². The molecule has 0 atom stereocenters. The fourth-order valence-electron chi connectivity index (χ4n) is 3.13. The Kier molecular flexibility index (Phi) is 8.82. The molecule has 35 heavy (non-hydrogen) atoms. The molecule has 1 amide bonds. The molecule has 3 aromatic carbocycles. The van der Waals surface area contributed by atoms with Gasteiger partial charge in [-0.05, 0) is 72.0 Å². The summed E-state index contributed by atoms with van der Waals surface area (Å²) in [6.07, 6.45) is 2.35. The topological polar surface area (TPSA) is 77.0 Å². The maximum Gasteiger partial charge on any atom is 0.343 e. The number of nitrogens with one attached hydrogen (secondary N) is 1. The van der Waals surface area contributed by atoms with E-state index in [0.717, 1.165) is 16.5 Å². The lowest BCUT2D eigenvalue weighted by atomic mass is 9.87. The molecule has 0 unspecified atom stereocenters. The van der Waals surface area contributed by atoms with Gasteiger partial charge in [0.05, 0.1) is 18.4 Å². The standard InChI is InChI=1S/C28H29BrN2O4/c1-5-16-34-24-13-8-20(9-14-24)27(33)35-25-15-12-23(29)17-21(25)18-30-31-26(32)19-6-10-22(11-7-19)28(2,3)4/h6-15,17-18H,5,16H2,1-4H3,(H,31,32)/b30-18+. The molecular weight excluding hydrogens is 508 g/mol. The first-order valence-electron chi connectivity index (χ1n) is 11.4. The number of rotatable bonds is 8. The molecule has 3 aromatic rings. The number of halogens is 1. The van der Waals surface area contributed by atoms with E-state index < -0.39 is 5.97 Å². The van der Waals surface area contributed by atoms with Crippen molar-refractivity contribution in [1.82, 2.24) is 5.43 Å². The Morgan fingerprint density at radius 2 is 1.63 bits per heavy atom. The minimum Gasteiger partial charge on any atom is -0.494 e. The second kappa shape index (κ2) is 11.8. The van der Waals surface area contributed by atoms with E-state index in [-0.39, 0.29) is 11.3 Å². The van der Waals surface area contributed by atoms with Gasteiger partial charge in [0.2, 0.25) is 0 Å². The van der Waals surface area contributed by atoms with Crippen LogP contribution in [0.4, 0.5) is 0 Å². The van der Waals surface area contributed by atoms with Crippen molar-refractivity contribution in [2.45, 2.75) is 39.5 Å². The number of ether oxygens (including phenoxy) is 2. The number of esters is 1. The van der Waals surface area contributed by atoms with Gasteiger partial charge in [-0.1, -0.05) is 55.8 Å². The monoisotopic (exact) mass is 536 g/mol. The van der Waals surface area contributed by atoms with Crippen LogP contribution in [-0.2, 0) is 5.41 Å². The van der Waals surface area contributed by atoms with Crippen molar-refractivity contribution in [2.75, 3.05) is 6.61 Å². The number of benzene rings is 3. The van der Waals surface area contributed by atoms with E-state index in [0.29, 0.717) is 34.8 Å². The van der Waals surface area contributed by atoms with Crippen molar-refractivity contribution < 1.29 is 19.1 Å². The summed E-state index contributed by atoms with van der Waals surface area (Å²) >= 11 is 3.41. The Bertz CT molecular complexity index is 1200. The molecule has 0 bridgehead atoms. The van der Waals surface area contributed by atoms with Crippen molar-refractivity contribution in [3.8, 4) is 11.5 Å². The van der Waals surface area contributed by atoms with E-state index in [1.165, 1.54) is 6.21 Å². The Morgan fingerprint density at radius 3 is 2.26 bits per heavy atom. The van der Waals surface area contributed by atoms with Gasteiger partial charge in [0.1, 0.15) is 11.5 Å². The zero-order valence-corrected chi connectivity index (χ0v) is 21.9. The molecule has 0 saturated carbocycles. The van der Waals surface area contributed by atoms with Gasteiger partial charge in [0, 0.05) is 15.6 Å². The molecule has 0 aliphatic rings. The third-order valence-electron chi connectivity index (χ3n) is 5.12. The highest BCUT2D eigenvalue weighted by atomic mass is 79.9. The average molecular weight is 537 g/mol. The van der Waals surface area contributed by atoms with Gasteiger partial charge in [-0.3, -0.25) is 4.79 Å². The van der Waals surface area contributed by atoms with Crippen molar-refractivity contribution in [3.05, 3.63) is 93.5 Å². The van der Waals surface area contributed by atoms with Crippen molar-refractivity contribution >= 4 is 34.0 Å². The molecule has 0 aliphatic carbocycles. The largest absolute Gasteiger partial charge is 0.494 e. The zero-order chi connectivity index (χ0) is 25.4. The molecular formula is C28H29BrN2O4. The first-order chi connectivity index (χ1) is 16.7. The van der Waals surface area contributed by atoms with Gasteiger partial charge in [-0.2, -0.15) is 5.10 Å². The number of hydrogen-bond acceptors (Lipinski definition) is 5. The van der Waals surface area contributed by atoms with Gasteiger partial charge in [0.15, 0.2) is 0 Å². The number of nitrogens with zero attached hydrogens (tertiary/aromatic N) is 1. The van der Waals surface area contributed by atoms with Gasteiger partial charge in [0.25, 0.3) is 5.91 Å². The van der Waals surface area contributed by atoms with E-state index in [1.807, 2.05) is 19.1 Å². The van der Waals surface area contributed by atoms with E-state index in [1.54, 1.807) is 54.6 Å². The number of amides is 1. The summed E-state index contributed by atoms with van der Waals surface area (Å²) < 4.78 is 11.9. The highest BCUT2D eigenvalue weighted by Crippen LogP contribution is 2.24. The third-order valence-corrected chi connectivity index (χ3v) is 5.61. The third kappa shape index (κ3) is 7.52. The SMILES string of the molecule is CCCOc1ccc(C(=O)Oc2ccc(Br)cc2/C=N/NC(=O)c2ccc(C(C)(C)C)cc2)cc1. The maximum absolute atomic E-state index is 12.7. The summed E-state index contributed by atoms with van der Waals surface area (Å²) in [6.45, 7) is 8.99. The van der Waals surface area contributed by atoms with Crippen LogP contribution in [0.3, 0.4) is 0 Å². The molecule has 3 rings (SSSR count). The summed E-state index contributed by atoms with van der Waals surface area (Å²) in [5.41, 5.74) is 5.09. The molecule has 0 aliphatic heterocycles. The molecule has 7 heteroatoms. The maximum atomic E-state index is 12.7. The van der Waals surface area contributed by atoms with Gasteiger partial charge < -0.3 is 9.47 Å². The van der Waals surface area contributed by atoms with Crippen LogP contribution in [0.2, 0.25) is 0 Å². The minimum atomic E-state index is -0.507. The minimum absolute atomic E-state index is 0.00651. The molecule has 0 radical (unpaired) electrons. The van der Waals surface area contributed by atoms with Crippen molar-refractivity contribution in [3.63, 3.8) is 0 Å². The van der Waals surface area contributed by atoms with Crippen LogP contribution in [0.25, 0.3) is 0 Å². The van der Waals surface area contributed by atoms with E-state index in [4.69, 9.17) is 9.47 Å². The smallest absolute Gasteiger partial charge is 0.343 e. The van der Waals surface area contributed by atoms with E-state index in [2.05, 4.69) is 47.2 Å². The molecule has 0 aromatic heterocycles. The molecule has 0 saturated heterocycles. The normalized spacial score (nSPS) is 11.3. The lowest BCUT2D eigenvalue weighted by molar-refractivity contribution is 0.0734. The van der Waals surface area contributed by atoms with Crippen LogP contribution in [0.15, 0.2) is 76.3 Å². The summed E-state index contributed by atoms with van der Waals surface area (Å²) in [5, 5.41) is 4.06. The Balaban J connectivity index is 1.68. The zero-order valence-electron chi connectivity index (χ0n) is 20.3. The molecule has 0 heterocycles. The quantitative estimate of drug-likeness (QED) is 0.154. The van der Waals surface area contributed by atoms with Crippen LogP contribution in [-0.4, -0.2) is 24.7 Å². The van der Waals surface area contributed by atoms with Crippen LogP contribution < -0.4 is 14.9 Å². The summed E-state index contributed by atoms with van der Waals surface area (Å²) in [7, 11) is 0. The van der Waals surface area contributed by atoms with Crippen LogP contribution >= 0.6 is 15.9 Å². The molecule has 1 N–H and O–H groups in total. The second-order valence-electron chi connectivity index (χ2n) is 8.97. The van der Waals surface area contributed by atoms with Gasteiger partial charge in [-0.15, -0.1) is 0 Å². The number of hydrogen-bond donors (Lipinski definition) is 1. The first-order valence-corrected chi connectivity index (χ1v) is 12.1. The van der Waals surface area contributed by atoms with Crippen molar-refractivity contribution in [2.24, 2.45) is 5.10 Å². The number of hydrazone groups is 1. The Morgan fingerprint density at radius 1 is 0.971 bits per heavy atom. The highest BCUT2D eigenvalue weighted by molar-refractivity contribution is 9.10. The Labute approximate surface area is 214 Å². The molecule has 182 valence electrons. The summed E-state index contributed by atoms with van der Waals surface area (Å²) in [5.74, 6) is 0.174. The van der Waals surface area contributed by atoms with Crippen LogP contribution in [0.1, 0.15) is 66.0 Å². The first kappa shape index (κ1) is 26.2. The fourth-order valence-corrected chi connectivity index (χ4v) is 3.50. The molecule has 6 nitrogen and oxygen atoms in total. The lowest BCUT2D eigenvalue weighted by Gasteiger charge is -2.18.